The van der Waals surface area contributed by atoms with Crippen LogP contribution in [0.25, 0.3) is 32.8 Å². The van der Waals surface area contributed by atoms with Crippen LogP contribution >= 0.6 is 0 Å². The van der Waals surface area contributed by atoms with Crippen LogP contribution in [0.15, 0.2) is 109 Å². The molecule has 6 rings (SSSR count). The molecule has 5 nitrogen and oxygen atoms in total. The number of carbonyl (C=O) groups is 2. The van der Waals surface area contributed by atoms with Crippen molar-refractivity contribution in [2.75, 3.05) is 0 Å². The van der Waals surface area contributed by atoms with E-state index in [1.807, 2.05) is 76.2 Å². The third-order valence-corrected chi connectivity index (χ3v) is 8.67. The van der Waals surface area contributed by atoms with Gasteiger partial charge in [-0.15, -0.1) is 0 Å². The van der Waals surface area contributed by atoms with E-state index in [0.29, 0.717) is 17.7 Å². The van der Waals surface area contributed by atoms with E-state index in [1.165, 1.54) is 5.39 Å². The summed E-state index contributed by atoms with van der Waals surface area (Å²) in [5.41, 5.74) is 8.08. The van der Waals surface area contributed by atoms with Crippen molar-refractivity contribution in [3.05, 3.63) is 143 Å². The molecule has 1 heterocycles. The second-order valence-electron chi connectivity index (χ2n) is 13.1. The van der Waals surface area contributed by atoms with E-state index in [-0.39, 0.29) is 17.9 Å². The number of fused-ring (bicyclic) bond motifs is 2. The van der Waals surface area contributed by atoms with Crippen LogP contribution in [0.1, 0.15) is 76.8 Å². The average molecular weight is 609 g/mol. The number of carbonyl (C=O) groups excluding carboxylic acids is 2. The summed E-state index contributed by atoms with van der Waals surface area (Å²) in [6, 6.07) is 36.3. The van der Waals surface area contributed by atoms with Crippen molar-refractivity contribution in [3.63, 3.8) is 0 Å². The maximum Gasteiger partial charge on any atom is 0.339 e. The lowest BCUT2D eigenvalue weighted by molar-refractivity contribution is 0.00703. The second-order valence-corrected chi connectivity index (χ2v) is 13.1. The highest BCUT2D eigenvalue weighted by Crippen LogP contribution is 2.30. The Hall–Kier alpha value is -5.16. The summed E-state index contributed by atoms with van der Waals surface area (Å²) >= 11 is 0. The lowest BCUT2D eigenvalue weighted by Gasteiger charge is -2.20. The maximum atomic E-state index is 13.4. The van der Waals surface area contributed by atoms with E-state index in [0.717, 1.165) is 49.8 Å². The van der Waals surface area contributed by atoms with Gasteiger partial charge in [-0.2, -0.15) is 0 Å². The fraction of sp³-hybridized carbons (Fsp3) is 0.220. The summed E-state index contributed by atoms with van der Waals surface area (Å²) in [6.07, 6.45) is 0. The van der Waals surface area contributed by atoms with Crippen molar-refractivity contribution in [1.29, 1.82) is 0 Å². The van der Waals surface area contributed by atoms with Gasteiger partial charge in [0.25, 0.3) is 5.91 Å². The third kappa shape index (κ3) is 6.32. The number of esters is 1. The van der Waals surface area contributed by atoms with Crippen LogP contribution in [-0.2, 0) is 11.3 Å². The Bertz CT molecular complexity index is 2080. The number of amides is 1. The minimum Gasteiger partial charge on any atom is -0.456 e. The van der Waals surface area contributed by atoms with E-state index in [1.54, 1.807) is 0 Å². The zero-order valence-electron chi connectivity index (χ0n) is 27.3. The van der Waals surface area contributed by atoms with Gasteiger partial charge in [0.2, 0.25) is 0 Å². The number of nitrogens with one attached hydrogen (secondary N) is 1. The van der Waals surface area contributed by atoms with Crippen molar-refractivity contribution in [1.82, 2.24) is 9.88 Å². The molecule has 0 saturated heterocycles. The predicted octanol–water partition coefficient (Wildman–Crippen LogP) is 9.57. The molecule has 0 aliphatic carbocycles. The summed E-state index contributed by atoms with van der Waals surface area (Å²) in [4.78, 5) is 26.3. The number of benzene rings is 5. The van der Waals surface area contributed by atoms with Crippen LogP contribution in [0.3, 0.4) is 0 Å². The van der Waals surface area contributed by atoms with Gasteiger partial charge < -0.3 is 14.6 Å². The number of ether oxygens (including phenoxy) is 1. The molecule has 5 aromatic carbocycles. The Balaban J connectivity index is 1.21. The Morgan fingerprint density at radius 3 is 2.24 bits per heavy atom. The molecule has 1 atom stereocenters. The fourth-order valence-corrected chi connectivity index (χ4v) is 6.05. The van der Waals surface area contributed by atoms with Gasteiger partial charge in [0.1, 0.15) is 5.60 Å². The summed E-state index contributed by atoms with van der Waals surface area (Å²) in [6.45, 7) is 12.6. The minimum absolute atomic E-state index is 0.0883. The molecule has 0 radical (unpaired) electrons. The van der Waals surface area contributed by atoms with Crippen LogP contribution in [-0.4, -0.2) is 22.0 Å². The van der Waals surface area contributed by atoms with Crippen LogP contribution in [0, 0.1) is 13.8 Å². The molecule has 46 heavy (non-hydrogen) atoms. The number of rotatable bonds is 7. The topological polar surface area (TPSA) is 60.3 Å². The Kier molecular flexibility index (Phi) is 8.26. The van der Waals surface area contributed by atoms with Crippen LogP contribution in [0.5, 0.6) is 0 Å². The SMILES string of the molecule is Cc1c(C)n(Cc2ccc(-c3ccccc3C(=O)OC(C)(C)C)cc2)c2ccc(C(=O)N[C@@H](C)c3ccc4ccccc4c3)cc12. The van der Waals surface area contributed by atoms with Gasteiger partial charge in [-0.05, 0) is 110 Å². The zero-order chi connectivity index (χ0) is 32.6. The van der Waals surface area contributed by atoms with Crippen molar-refractivity contribution < 1.29 is 14.3 Å². The molecule has 0 aliphatic rings. The van der Waals surface area contributed by atoms with Crippen molar-refractivity contribution in [3.8, 4) is 11.1 Å². The van der Waals surface area contributed by atoms with E-state index >= 15 is 0 Å². The highest BCUT2D eigenvalue weighted by atomic mass is 16.6. The zero-order valence-corrected chi connectivity index (χ0v) is 27.3. The van der Waals surface area contributed by atoms with Gasteiger partial charge in [-0.1, -0.05) is 78.9 Å². The Morgan fingerprint density at radius 1 is 0.804 bits per heavy atom. The summed E-state index contributed by atoms with van der Waals surface area (Å²) < 4.78 is 7.95. The van der Waals surface area contributed by atoms with Crippen LogP contribution in [0.4, 0.5) is 0 Å². The van der Waals surface area contributed by atoms with Crippen LogP contribution < -0.4 is 5.32 Å². The molecule has 1 N–H and O–H groups in total. The highest BCUT2D eigenvalue weighted by molar-refractivity contribution is 6.00. The van der Waals surface area contributed by atoms with Crippen molar-refractivity contribution in [2.45, 2.75) is 59.7 Å². The quantitative estimate of drug-likeness (QED) is 0.184. The molecule has 0 saturated carbocycles. The van der Waals surface area contributed by atoms with Crippen molar-refractivity contribution >= 4 is 33.6 Å². The number of aromatic nitrogens is 1. The highest BCUT2D eigenvalue weighted by Gasteiger charge is 2.21. The molecule has 1 amide bonds. The molecular formula is C41H40N2O3. The van der Waals surface area contributed by atoms with Gasteiger partial charge >= 0.3 is 5.97 Å². The molecular weight excluding hydrogens is 568 g/mol. The van der Waals surface area contributed by atoms with Gasteiger partial charge in [-0.25, -0.2) is 4.79 Å². The lowest BCUT2D eigenvalue weighted by atomic mass is 9.98. The number of hydrogen-bond acceptors (Lipinski definition) is 3. The van der Waals surface area contributed by atoms with E-state index < -0.39 is 5.60 Å². The van der Waals surface area contributed by atoms with Gasteiger partial charge in [0, 0.05) is 28.7 Å². The largest absolute Gasteiger partial charge is 0.456 e. The molecule has 0 aliphatic heterocycles. The first-order chi connectivity index (χ1) is 22.0. The first-order valence-electron chi connectivity index (χ1n) is 15.8. The second kappa shape index (κ2) is 12.3. The van der Waals surface area contributed by atoms with Gasteiger partial charge in [0.05, 0.1) is 11.6 Å². The monoisotopic (exact) mass is 608 g/mol. The minimum atomic E-state index is -0.565. The van der Waals surface area contributed by atoms with E-state index in [4.69, 9.17) is 4.74 Å². The number of hydrogen-bond donors (Lipinski definition) is 1. The third-order valence-electron chi connectivity index (χ3n) is 8.67. The molecule has 232 valence electrons. The summed E-state index contributed by atoms with van der Waals surface area (Å²) in [7, 11) is 0. The fourth-order valence-electron chi connectivity index (χ4n) is 6.05. The van der Waals surface area contributed by atoms with E-state index in [2.05, 4.69) is 84.4 Å². The van der Waals surface area contributed by atoms with Gasteiger partial charge in [-0.3, -0.25) is 4.79 Å². The summed E-state index contributed by atoms with van der Waals surface area (Å²) in [5, 5.41) is 6.61. The maximum absolute atomic E-state index is 13.4. The normalized spacial score (nSPS) is 12.3. The molecule has 0 bridgehead atoms. The smallest absolute Gasteiger partial charge is 0.339 e. The lowest BCUT2D eigenvalue weighted by Crippen LogP contribution is -2.26. The van der Waals surface area contributed by atoms with Gasteiger partial charge in [0.15, 0.2) is 0 Å². The molecule has 5 heteroatoms. The first kappa shape index (κ1) is 30.8. The average Bonchev–Trinajstić information content (AvgIpc) is 3.28. The number of aryl methyl sites for hydroxylation is 1. The molecule has 1 aromatic heterocycles. The predicted molar refractivity (Wildman–Crippen MR) is 187 cm³/mol. The molecule has 6 aromatic rings. The number of nitrogens with zero attached hydrogens (tertiary/aromatic N) is 1. The van der Waals surface area contributed by atoms with Crippen LogP contribution in [0.2, 0.25) is 0 Å². The Morgan fingerprint density at radius 2 is 1.50 bits per heavy atom. The van der Waals surface area contributed by atoms with E-state index in [9.17, 15) is 9.59 Å². The molecule has 0 unspecified atom stereocenters. The first-order valence-corrected chi connectivity index (χ1v) is 15.8. The summed E-state index contributed by atoms with van der Waals surface area (Å²) in [5.74, 6) is -0.414. The van der Waals surface area contributed by atoms with Crippen molar-refractivity contribution in [2.24, 2.45) is 0 Å². The standard InChI is InChI=1S/C41H40N2O3/c1-26-28(3)43(25-29-15-17-31(18-16-29)35-13-9-10-14-36(35)40(45)46-41(4,5)6)38-22-21-34(24-37(26)38)39(44)42-27(2)32-20-19-30-11-7-8-12-33(30)23-32/h7-24,27H,25H2,1-6H3,(H,42,44)/t27-/m0/s1. The molecule has 0 spiro atoms. The Labute approximate surface area is 270 Å². The molecule has 0 fully saturated rings.